The van der Waals surface area contributed by atoms with Crippen molar-refractivity contribution in [3.05, 3.63) is 75.1 Å². The molecule has 0 aliphatic heterocycles. The Bertz CT molecular complexity index is 893. The van der Waals surface area contributed by atoms with E-state index in [1.807, 2.05) is 29.6 Å². The number of hydrogen-bond acceptors (Lipinski definition) is 3. The van der Waals surface area contributed by atoms with Crippen molar-refractivity contribution in [2.24, 2.45) is 10.1 Å². The maximum Gasteiger partial charge on any atom is 0.205 e. The summed E-state index contributed by atoms with van der Waals surface area (Å²) in [6.07, 6.45) is 1.68. The van der Waals surface area contributed by atoms with E-state index in [-0.39, 0.29) is 5.82 Å². The summed E-state index contributed by atoms with van der Waals surface area (Å²) in [5, 5.41) is 7.17. The van der Waals surface area contributed by atoms with Crippen LogP contribution in [0.4, 0.5) is 4.39 Å². The van der Waals surface area contributed by atoms with Gasteiger partial charge in [0.15, 0.2) is 0 Å². The molecule has 3 rings (SSSR count). The molecule has 116 valence electrons. The summed E-state index contributed by atoms with van der Waals surface area (Å²) < 4.78 is 14.7. The Kier molecular flexibility index (Phi) is 4.69. The topological polar surface area (TPSA) is 29.6 Å². The van der Waals surface area contributed by atoms with E-state index in [1.54, 1.807) is 30.1 Å². The second kappa shape index (κ2) is 6.89. The van der Waals surface area contributed by atoms with Crippen LogP contribution in [0.5, 0.6) is 0 Å². The predicted molar refractivity (Wildman–Crippen MR) is 93.6 cm³/mol. The van der Waals surface area contributed by atoms with Gasteiger partial charge in [-0.25, -0.2) is 9.07 Å². The van der Waals surface area contributed by atoms with Crippen molar-refractivity contribution < 1.29 is 4.39 Å². The molecule has 0 atom stereocenters. The molecule has 0 aliphatic rings. The van der Waals surface area contributed by atoms with Gasteiger partial charge in [0.1, 0.15) is 5.82 Å². The largest absolute Gasteiger partial charge is 0.261 e. The lowest BCUT2D eigenvalue weighted by molar-refractivity contribution is 0.628. The minimum atomic E-state index is -0.267. The Hall–Kier alpha value is -2.24. The molecule has 0 aliphatic carbocycles. The van der Waals surface area contributed by atoms with Crippen molar-refractivity contribution >= 4 is 29.2 Å². The van der Waals surface area contributed by atoms with Crippen LogP contribution in [0.2, 0.25) is 5.02 Å². The van der Waals surface area contributed by atoms with Gasteiger partial charge in [0.25, 0.3) is 0 Å². The van der Waals surface area contributed by atoms with Gasteiger partial charge in [-0.1, -0.05) is 35.9 Å². The lowest BCUT2D eigenvalue weighted by atomic mass is 10.2. The summed E-state index contributed by atoms with van der Waals surface area (Å²) in [5.41, 5.74) is 2.73. The maximum atomic E-state index is 13.0. The van der Waals surface area contributed by atoms with Gasteiger partial charge >= 0.3 is 0 Å². The molecule has 3 nitrogen and oxygen atoms in total. The number of nitrogens with zero attached hydrogens (tertiary/aromatic N) is 3. The molecular formula is C17H13ClFN3S. The van der Waals surface area contributed by atoms with Crippen molar-refractivity contribution in [1.82, 2.24) is 4.68 Å². The number of rotatable bonds is 3. The number of thiazole rings is 1. The molecular weight excluding hydrogens is 333 g/mol. The second-order valence-corrected chi connectivity index (χ2v) is 6.01. The number of aromatic nitrogens is 1. The van der Waals surface area contributed by atoms with E-state index in [4.69, 9.17) is 11.6 Å². The molecule has 23 heavy (non-hydrogen) atoms. The van der Waals surface area contributed by atoms with Crippen LogP contribution >= 0.6 is 22.9 Å². The van der Waals surface area contributed by atoms with E-state index in [0.29, 0.717) is 5.02 Å². The quantitative estimate of drug-likeness (QED) is 0.629. The monoisotopic (exact) mass is 345 g/mol. The molecule has 0 saturated carbocycles. The summed E-state index contributed by atoms with van der Waals surface area (Å²) in [4.78, 5) is 5.01. The first-order valence-corrected chi connectivity index (χ1v) is 8.12. The van der Waals surface area contributed by atoms with Crippen molar-refractivity contribution in [3.8, 4) is 11.3 Å². The summed E-state index contributed by atoms with van der Waals surface area (Å²) in [6.45, 7) is 0. The highest BCUT2D eigenvalue weighted by Gasteiger charge is 2.06. The molecule has 2 aromatic carbocycles. The molecule has 0 N–H and O–H groups in total. The van der Waals surface area contributed by atoms with E-state index >= 15 is 0 Å². The van der Waals surface area contributed by atoms with Gasteiger partial charge in [-0.15, -0.1) is 11.3 Å². The third-order valence-electron chi connectivity index (χ3n) is 3.21. The normalized spacial score (nSPS) is 12.2. The zero-order valence-electron chi connectivity index (χ0n) is 12.3. The SMILES string of the molecule is CN=c1scc(-c2ccc(Cl)cc2)n1N=Cc1ccc(F)cc1. The first-order chi connectivity index (χ1) is 11.2. The Morgan fingerprint density at radius 1 is 1.09 bits per heavy atom. The van der Waals surface area contributed by atoms with Gasteiger partial charge in [0.05, 0.1) is 11.9 Å². The molecule has 0 unspecified atom stereocenters. The van der Waals surface area contributed by atoms with Crippen LogP contribution in [-0.2, 0) is 0 Å². The summed E-state index contributed by atoms with van der Waals surface area (Å²) in [5.74, 6) is -0.267. The Morgan fingerprint density at radius 3 is 2.43 bits per heavy atom. The molecule has 1 heterocycles. The fourth-order valence-corrected chi connectivity index (χ4v) is 2.98. The molecule has 0 radical (unpaired) electrons. The first kappa shape index (κ1) is 15.6. The van der Waals surface area contributed by atoms with Gasteiger partial charge in [-0.05, 0) is 29.8 Å². The third kappa shape index (κ3) is 3.57. The Balaban J connectivity index is 2.02. The Morgan fingerprint density at radius 2 is 1.78 bits per heavy atom. The fourth-order valence-electron chi connectivity index (χ4n) is 2.05. The summed E-state index contributed by atoms with van der Waals surface area (Å²) in [6, 6.07) is 13.7. The fraction of sp³-hybridized carbons (Fsp3) is 0.0588. The molecule has 0 bridgehead atoms. The lowest BCUT2D eigenvalue weighted by Crippen LogP contribution is -2.11. The predicted octanol–water partition coefficient (Wildman–Crippen LogP) is 4.42. The zero-order valence-corrected chi connectivity index (χ0v) is 13.9. The first-order valence-electron chi connectivity index (χ1n) is 6.86. The molecule has 6 heteroatoms. The number of hydrogen-bond donors (Lipinski definition) is 0. The minimum Gasteiger partial charge on any atom is -0.261 e. The van der Waals surface area contributed by atoms with E-state index in [0.717, 1.165) is 21.6 Å². The molecule has 0 spiro atoms. The molecule has 0 fully saturated rings. The second-order valence-electron chi connectivity index (χ2n) is 4.74. The average Bonchev–Trinajstić information content (AvgIpc) is 2.98. The van der Waals surface area contributed by atoms with Crippen molar-refractivity contribution in [1.29, 1.82) is 0 Å². The van der Waals surface area contributed by atoms with Crippen molar-refractivity contribution in [3.63, 3.8) is 0 Å². The van der Waals surface area contributed by atoms with Crippen LogP contribution in [0, 0.1) is 5.82 Å². The van der Waals surface area contributed by atoms with Crippen molar-refractivity contribution in [2.75, 3.05) is 7.05 Å². The van der Waals surface area contributed by atoms with E-state index in [1.165, 1.54) is 23.5 Å². The van der Waals surface area contributed by atoms with Gasteiger partial charge < -0.3 is 0 Å². The van der Waals surface area contributed by atoms with Gasteiger partial charge in [0.2, 0.25) is 4.80 Å². The number of halogens is 2. The lowest BCUT2D eigenvalue weighted by Gasteiger charge is -2.03. The average molecular weight is 346 g/mol. The molecule has 3 aromatic rings. The minimum absolute atomic E-state index is 0.267. The number of benzene rings is 2. The van der Waals surface area contributed by atoms with Crippen LogP contribution in [0.1, 0.15) is 5.56 Å². The van der Waals surface area contributed by atoms with Crippen molar-refractivity contribution in [2.45, 2.75) is 0 Å². The molecule has 0 saturated heterocycles. The summed E-state index contributed by atoms with van der Waals surface area (Å²) >= 11 is 7.44. The van der Waals surface area contributed by atoms with E-state index in [2.05, 4.69) is 10.1 Å². The van der Waals surface area contributed by atoms with Crippen LogP contribution in [0.3, 0.4) is 0 Å². The summed E-state index contributed by atoms with van der Waals surface area (Å²) in [7, 11) is 1.72. The standard InChI is InChI=1S/C17H13ClFN3S/c1-20-17-22(21-10-12-2-8-15(19)9-3-12)16(11-23-17)13-4-6-14(18)7-5-13/h2-11H,1H3. The zero-order chi connectivity index (χ0) is 16.2. The van der Waals surface area contributed by atoms with Crippen LogP contribution in [0.15, 0.2) is 64.0 Å². The molecule has 0 amide bonds. The maximum absolute atomic E-state index is 13.0. The van der Waals surface area contributed by atoms with Crippen LogP contribution in [-0.4, -0.2) is 17.9 Å². The highest BCUT2D eigenvalue weighted by molar-refractivity contribution is 7.07. The van der Waals surface area contributed by atoms with Crippen LogP contribution < -0.4 is 4.80 Å². The highest BCUT2D eigenvalue weighted by Crippen LogP contribution is 2.22. The van der Waals surface area contributed by atoms with E-state index in [9.17, 15) is 4.39 Å². The smallest absolute Gasteiger partial charge is 0.205 e. The Labute approximate surface area is 142 Å². The van der Waals surface area contributed by atoms with Crippen LogP contribution in [0.25, 0.3) is 11.3 Å². The third-order valence-corrected chi connectivity index (χ3v) is 4.37. The highest BCUT2D eigenvalue weighted by atomic mass is 35.5. The van der Waals surface area contributed by atoms with Gasteiger partial charge in [0, 0.05) is 23.0 Å². The molecule has 1 aromatic heterocycles. The van der Waals surface area contributed by atoms with Gasteiger partial charge in [-0.3, -0.25) is 4.99 Å². The van der Waals surface area contributed by atoms with Gasteiger partial charge in [-0.2, -0.15) is 5.10 Å². The van der Waals surface area contributed by atoms with E-state index < -0.39 is 0 Å².